The van der Waals surface area contributed by atoms with Gasteiger partial charge in [-0.15, -0.1) is 0 Å². The van der Waals surface area contributed by atoms with E-state index in [1.165, 1.54) is 6.20 Å². The highest BCUT2D eigenvalue weighted by atomic mass is 15.1. The topological polar surface area (TPSA) is 67.6 Å². The van der Waals surface area contributed by atoms with E-state index in [9.17, 15) is 0 Å². The lowest BCUT2D eigenvalue weighted by Crippen LogP contribution is -2.32. The van der Waals surface area contributed by atoms with Gasteiger partial charge in [0, 0.05) is 12.4 Å². The first kappa shape index (κ1) is 10.1. The molecule has 1 saturated heterocycles. The Balaban J connectivity index is 2.34. The molecule has 13 heavy (non-hydrogen) atoms. The van der Waals surface area contributed by atoms with Crippen molar-refractivity contribution in [1.82, 2.24) is 4.90 Å². The number of nitrogens with zero attached hydrogens (tertiary/aromatic N) is 2. The highest BCUT2D eigenvalue weighted by Gasteiger charge is 2.14. The lowest BCUT2D eigenvalue weighted by atomic mass is 10.1. The van der Waals surface area contributed by atoms with Crippen LogP contribution in [-0.4, -0.2) is 37.3 Å². The molecule has 0 aliphatic carbocycles. The van der Waals surface area contributed by atoms with Crippen LogP contribution in [0.1, 0.15) is 12.8 Å². The third kappa shape index (κ3) is 3.46. The highest BCUT2D eigenvalue weighted by molar-refractivity contribution is 5.77. The Bertz CT molecular complexity index is 202. The molecule has 0 unspecified atom stereocenters. The minimum atomic E-state index is 0.426. The van der Waals surface area contributed by atoms with Gasteiger partial charge in [0.15, 0.2) is 0 Å². The van der Waals surface area contributed by atoms with E-state index >= 15 is 0 Å². The normalized spacial score (nSPS) is 22.7. The Kier molecular flexibility index (Phi) is 3.76. The van der Waals surface area contributed by atoms with E-state index in [1.54, 1.807) is 6.21 Å². The number of likely N-dealkylation sites (tertiary alicyclic amines) is 1. The van der Waals surface area contributed by atoms with Crippen molar-refractivity contribution in [2.45, 2.75) is 18.9 Å². The number of nitrogens with two attached hydrogens (primary N) is 2. The molecule has 74 valence electrons. The Labute approximate surface area is 79.3 Å². The van der Waals surface area contributed by atoms with Crippen LogP contribution < -0.4 is 11.5 Å². The summed E-state index contributed by atoms with van der Waals surface area (Å²) in [6.45, 7) is 2.24. The average Bonchev–Trinajstić information content (AvgIpc) is 2.16. The van der Waals surface area contributed by atoms with Crippen molar-refractivity contribution in [3.05, 3.63) is 11.9 Å². The van der Waals surface area contributed by atoms with Crippen molar-refractivity contribution in [2.24, 2.45) is 16.5 Å². The zero-order chi connectivity index (χ0) is 9.68. The van der Waals surface area contributed by atoms with E-state index in [4.69, 9.17) is 11.5 Å². The van der Waals surface area contributed by atoms with Crippen LogP contribution in [0.5, 0.6) is 0 Å². The first-order valence-corrected chi connectivity index (χ1v) is 4.61. The minimum absolute atomic E-state index is 0.426. The third-order valence-electron chi connectivity index (χ3n) is 2.31. The number of hydrogen-bond donors (Lipinski definition) is 2. The number of aliphatic imine (C=N–C) groups is 1. The third-order valence-corrected chi connectivity index (χ3v) is 2.31. The maximum Gasteiger partial charge on any atom is 0.0653 e. The van der Waals surface area contributed by atoms with Crippen molar-refractivity contribution >= 4 is 6.21 Å². The number of allylic oxidation sites excluding steroid dienone is 1. The van der Waals surface area contributed by atoms with Gasteiger partial charge in [-0.2, -0.15) is 0 Å². The van der Waals surface area contributed by atoms with Crippen LogP contribution >= 0.6 is 0 Å². The maximum absolute atomic E-state index is 5.49. The van der Waals surface area contributed by atoms with Gasteiger partial charge in [0.2, 0.25) is 0 Å². The summed E-state index contributed by atoms with van der Waals surface area (Å²) in [6.07, 6.45) is 5.27. The van der Waals surface area contributed by atoms with E-state index in [1.807, 2.05) is 0 Å². The molecular formula is C9H18N4. The smallest absolute Gasteiger partial charge is 0.0653 e. The van der Waals surface area contributed by atoms with Crippen molar-refractivity contribution < 1.29 is 0 Å². The van der Waals surface area contributed by atoms with E-state index in [2.05, 4.69) is 16.9 Å². The Morgan fingerprint density at radius 2 is 2.08 bits per heavy atom. The molecule has 0 spiro atoms. The summed E-state index contributed by atoms with van der Waals surface area (Å²) in [5.74, 6) is 0. The number of piperidine rings is 1. The molecule has 1 aliphatic heterocycles. The second-order valence-corrected chi connectivity index (χ2v) is 3.48. The zero-order valence-corrected chi connectivity index (χ0v) is 8.11. The molecular weight excluding hydrogens is 164 g/mol. The molecule has 4 heteroatoms. The van der Waals surface area contributed by atoms with Gasteiger partial charge >= 0.3 is 0 Å². The summed E-state index contributed by atoms with van der Waals surface area (Å²) in [6, 6.07) is 0.426. The molecule has 1 rings (SSSR count). The lowest BCUT2D eigenvalue weighted by Gasteiger charge is -2.26. The molecule has 0 radical (unpaired) electrons. The highest BCUT2D eigenvalue weighted by Crippen LogP contribution is 2.11. The van der Waals surface area contributed by atoms with Crippen molar-refractivity contribution in [2.75, 3.05) is 20.1 Å². The second kappa shape index (κ2) is 4.87. The standard InChI is InChI=1S/C9H18N4/c1-13-4-2-9(3-5-13)12-7-8(11)6-10/h6-7,9H,2-5,10-11H2,1H3/b8-6+,12-7?. The maximum atomic E-state index is 5.49. The fraction of sp³-hybridized carbons (Fsp3) is 0.667. The number of rotatable bonds is 2. The molecule has 0 aromatic heterocycles. The van der Waals surface area contributed by atoms with Crippen molar-refractivity contribution in [3.63, 3.8) is 0 Å². The monoisotopic (exact) mass is 182 g/mol. The molecule has 4 nitrogen and oxygen atoms in total. The second-order valence-electron chi connectivity index (χ2n) is 3.48. The van der Waals surface area contributed by atoms with Gasteiger partial charge in [-0.3, -0.25) is 4.99 Å². The van der Waals surface area contributed by atoms with Crippen LogP contribution in [0.3, 0.4) is 0 Å². The van der Waals surface area contributed by atoms with E-state index in [-0.39, 0.29) is 0 Å². The van der Waals surface area contributed by atoms with E-state index in [0.717, 1.165) is 25.9 Å². The fourth-order valence-corrected chi connectivity index (χ4v) is 1.38. The number of hydrogen-bond acceptors (Lipinski definition) is 4. The van der Waals surface area contributed by atoms with Gasteiger partial charge in [0.25, 0.3) is 0 Å². The van der Waals surface area contributed by atoms with Gasteiger partial charge in [-0.05, 0) is 33.0 Å². The molecule has 0 aromatic rings. The average molecular weight is 182 g/mol. The van der Waals surface area contributed by atoms with Crippen LogP contribution in [-0.2, 0) is 0 Å². The van der Waals surface area contributed by atoms with Gasteiger partial charge in [0.05, 0.1) is 11.7 Å². The lowest BCUT2D eigenvalue weighted by molar-refractivity contribution is 0.257. The molecule has 1 fully saturated rings. The first-order valence-electron chi connectivity index (χ1n) is 4.61. The van der Waals surface area contributed by atoms with Crippen LogP contribution in [0.15, 0.2) is 16.9 Å². The van der Waals surface area contributed by atoms with Gasteiger partial charge in [-0.1, -0.05) is 0 Å². The van der Waals surface area contributed by atoms with Crippen LogP contribution in [0.2, 0.25) is 0 Å². The Hall–Kier alpha value is -1.03. The van der Waals surface area contributed by atoms with Crippen LogP contribution in [0.25, 0.3) is 0 Å². The molecule has 4 N–H and O–H groups in total. The summed E-state index contributed by atoms with van der Waals surface area (Å²) >= 11 is 0. The van der Waals surface area contributed by atoms with E-state index < -0.39 is 0 Å². The summed E-state index contributed by atoms with van der Waals surface area (Å²) in [5, 5.41) is 0. The minimum Gasteiger partial charge on any atom is -0.403 e. The van der Waals surface area contributed by atoms with Gasteiger partial charge < -0.3 is 16.4 Å². The molecule has 0 bridgehead atoms. The van der Waals surface area contributed by atoms with Crippen molar-refractivity contribution in [1.29, 1.82) is 0 Å². The zero-order valence-electron chi connectivity index (χ0n) is 8.11. The molecule has 0 saturated carbocycles. The van der Waals surface area contributed by atoms with Crippen molar-refractivity contribution in [3.8, 4) is 0 Å². The summed E-state index contributed by atoms with van der Waals surface area (Å²) in [5.41, 5.74) is 11.3. The Morgan fingerprint density at radius 3 is 2.62 bits per heavy atom. The van der Waals surface area contributed by atoms with E-state index in [0.29, 0.717) is 11.7 Å². The summed E-state index contributed by atoms with van der Waals surface area (Å²) in [4.78, 5) is 6.68. The van der Waals surface area contributed by atoms with Gasteiger partial charge in [-0.25, -0.2) is 0 Å². The molecule has 0 aromatic carbocycles. The van der Waals surface area contributed by atoms with Gasteiger partial charge in [0.1, 0.15) is 0 Å². The fourth-order valence-electron chi connectivity index (χ4n) is 1.38. The summed E-state index contributed by atoms with van der Waals surface area (Å²) in [7, 11) is 2.13. The quantitative estimate of drug-likeness (QED) is 0.586. The van der Waals surface area contributed by atoms with Crippen LogP contribution in [0.4, 0.5) is 0 Å². The first-order chi connectivity index (χ1) is 6.22. The summed E-state index contributed by atoms with van der Waals surface area (Å²) < 4.78 is 0. The largest absolute Gasteiger partial charge is 0.403 e. The molecule has 1 heterocycles. The molecule has 1 aliphatic rings. The molecule has 0 amide bonds. The predicted molar refractivity (Wildman–Crippen MR) is 55.5 cm³/mol. The van der Waals surface area contributed by atoms with Crippen LogP contribution in [0, 0.1) is 0 Å². The molecule has 0 atom stereocenters. The SMILES string of the molecule is CN1CCC(N=C/C(N)=C\N)CC1. The predicted octanol–water partition coefficient (Wildman–Crippen LogP) is -0.0898. The Morgan fingerprint density at radius 1 is 1.46 bits per heavy atom.